The van der Waals surface area contributed by atoms with Gasteiger partial charge in [-0.05, 0) is 24.7 Å². The zero-order valence-corrected chi connectivity index (χ0v) is 13.2. The monoisotopic (exact) mass is 282 g/mol. The van der Waals surface area contributed by atoms with Crippen LogP contribution in [0.3, 0.4) is 0 Å². The first-order chi connectivity index (χ1) is 9.23. The summed E-state index contributed by atoms with van der Waals surface area (Å²) >= 11 is 0. The molecule has 0 aromatic carbocycles. The SMILES string of the molecule is CC(CN=NCC(C)CC(C)C(=N)N)CC(C)C(=N)N. The van der Waals surface area contributed by atoms with Crippen molar-refractivity contribution in [2.24, 2.45) is 45.4 Å². The largest absolute Gasteiger partial charge is 0.387 e. The molecule has 0 aliphatic rings. The minimum absolute atomic E-state index is 0.107. The molecule has 0 aliphatic carbocycles. The number of hydrogen-bond acceptors (Lipinski definition) is 4. The van der Waals surface area contributed by atoms with E-state index in [1.165, 1.54) is 0 Å². The van der Waals surface area contributed by atoms with Crippen molar-refractivity contribution in [1.29, 1.82) is 10.8 Å². The highest BCUT2D eigenvalue weighted by Crippen LogP contribution is 2.14. The standard InChI is InChI=1S/C14H30N6/c1-9(5-11(3)13(15)16)7-19-20-8-10(2)6-12(4)14(17)18/h9-12H,5-8H2,1-4H3,(H3,15,16)(H3,17,18). The minimum atomic E-state index is 0.107. The lowest BCUT2D eigenvalue weighted by Gasteiger charge is -2.14. The van der Waals surface area contributed by atoms with Crippen LogP contribution < -0.4 is 11.5 Å². The normalized spacial score (nSPS) is 17.6. The Labute approximate surface area is 122 Å². The van der Waals surface area contributed by atoms with Crippen LogP contribution in [0.25, 0.3) is 0 Å². The fourth-order valence-electron chi connectivity index (χ4n) is 2.00. The quantitative estimate of drug-likeness (QED) is 0.279. The van der Waals surface area contributed by atoms with Gasteiger partial charge in [0.05, 0.1) is 24.8 Å². The van der Waals surface area contributed by atoms with Gasteiger partial charge < -0.3 is 11.5 Å². The smallest absolute Gasteiger partial charge is 0.0934 e. The zero-order valence-electron chi connectivity index (χ0n) is 13.2. The second kappa shape index (κ2) is 9.44. The van der Waals surface area contributed by atoms with Crippen LogP contribution in [0.2, 0.25) is 0 Å². The van der Waals surface area contributed by atoms with Gasteiger partial charge in [-0.1, -0.05) is 27.7 Å². The van der Waals surface area contributed by atoms with Crippen LogP contribution in [0.4, 0.5) is 0 Å². The van der Waals surface area contributed by atoms with Crippen molar-refractivity contribution < 1.29 is 0 Å². The number of nitrogens with zero attached hydrogens (tertiary/aromatic N) is 2. The molecule has 0 radical (unpaired) electrons. The highest BCUT2D eigenvalue weighted by molar-refractivity contribution is 5.79. The van der Waals surface area contributed by atoms with Gasteiger partial charge in [0, 0.05) is 11.8 Å². The summed E-state index contributed by atoms with van der Waals surface area (Å²) < 4.78 is 0. The maximum Gasteiger partial charge on any atom is 0.0934 e. The predicted molar refractivity (Wildman–Crippen MR) is 84.3 cm³/mol. The van der Waals surface area contributed by atoms with Crippen LogP contribution in [-0.2, 0) is 0 Å². The first-order valence-corrected chi connectivity index (χ1v) is 7.25. The van der Waals surface area contributed by atoms with E-state index in [-0.39, 0.29) is 23.5 Å². The third kappa shape index (κ3) is 8.61. The molecule has 0 spiro atoms. The molecule has 0 bridgehead atoms. The minimum Gasteiger partial charge on any atom is -0.387 e. The fourth-order valence-corrected chi connectivity index (χ4v) is 2.00. The highest BCUT2D eigenvalue weighted by atomic mass is 15.1. The Morgan fingerprint density at radius 1 is 0.800 bits per heavy atom. The van der Waals surface area contributed by atoms with Gasteiger partial charge in [-0.25, -0.2) is 0 Å². The van der Waals surface area contributed by atoms with Crippen molar-refractivity contribution in [3.63, 3.8) is 0 Å². The van der Waals surface area contributed by atoms with Crippen molar-refractivity contribution >= 4 is 11.7 Å². The second-order valence-corrected chi connectivity index (χ2v) is 6.04. The van der Waals surface area contributed by atoms with E-state index in [4.69, 9.17) is 22.3 Å². The molecule has 4 unspecified atom stereocenters. The first kappa shape index (κ1) is 18.5. The Hall–Kier alpha value is -1.46. The topological polar surface area (TPSA) is 124 Å². The zero-order chi connectivity index (χ0) is 15.7. The van der Waals surface area contributed by atoms with E-state index >= 15 is 0 Å². The molecule has 0 aromatic rings. The highest BCUT2D eigenvalue weighted by Gasteiger charge is 2.12. The Balaban J connectivity index is 3.90. The van der Waals surface area contributed by atoms with Crippen LogP contribution in [0, 0.1) is 34.5 Å². The predicted octanol–water partition coefficient (Wildman–Crippen LogP) is 2.64. The van der Waals surface area contributed by atoms with Crippen LogP contribution in [0.15, 0.2) is 10.2 Å². The van der Waals surface area contributed by atoms with E-state index in [0.29, 0.717) is 24.9 Å². The Morgan fingerprint density at radius 3 is 1.35 bits per heavy atom. The lowest BCUT2D eigenvalue weighted by molar-refractivity contribution is 0.459. The van der Waals surface area contributed by atoms with E-state index in [1.807, 2.05) is 13.8 Å². The molecule has 0 saturated heterocycles. The molecular formula is C14H30N6. The molecule has 4 atom stereocenters. The van der Waals surface area contributed by atoms with E-state index in [9.17, 15) is 0 Å². The molecule has 0 heterocycles. The van der Waals surface area contributed by atoms with Gasteiger partial charge in [-0.3, -0.25) is 10.8 Å². The number of rotatable bonds is 10. The lowest BCUT2D eigenvalue weighted by atomic mass is 9.96. The van der Waals surface area contributed by atoms with Crippen molar-refractivity contribution in [2.45, 2.75) is 40.5 Å². The van der Waals surface area contributed by atoms with E-state index in [0.717, 1.165) is 12.8 Å². The van der Waals surface area contributed by atoms with Crippen LogP contribution >= 0.6 is 0 Å². The second-order valence-electron chi connectivity index (χ2n) is 6.04. The molecule has 0 rings (SSSR count). The Bertz CT molecular complexity index is 307. The third-order valence-corrected chi connectivity index (χ3v) is 3.46. The van der Waals surface area contributed by atoms with Crippen molar-refractivity contribution in [3.05, 3.63) is 0 Å². The summed E-state index contributed by atoms with van der Waals surface area (Å²) in [4.78, 5) is 0. The van der Waals surface area contributed by atoms with Gasteiger partial charge in [0.25, 0.3) is 0 Å². The summed E-state index contributed by atoms with van der Waals surface area (Å²) in [5.41, 5.74) is 10.9. The molecule has 0 saturated carbocycles. The average Bonchev–Trinajstić information content (AvgIpc) is 2.34. The van der Waals surface area contributed by atoms with Crippen LogP contribution in [-0.4, -0.2) is 24.8 Å². The van der Waals surface area contributed by atoms with Gasteiger partial charge in [0.2, 0.25) is 0 Å². The maximum atomic E-state index is 7.36. The van der Waals surface area contributed by atoms with Crippen molar-refractivity contribution in [1.82, 2.24) is 0 Å². The maximum absolute atomic E-state index is 7.36. The number of hydrogen-bond donors (Lipinski definition) is 4. The summed E-state index contributed by atoms with van der Waals surface area (Å²) in [5.74, 6) is 1.44. The molecule has 0 aromatic heterocycles. The van der Waals surface area contributed by atoms with Gasteiger partial charge in [0.15, 0.2) is 0 Å². The first-order valence-electron chi connectivity index (χ1n) is 7.25. The number of amidine groups is 2. The summed E-state index contributed by atoms with van der Waals surface area (Å²) in [6.07, 6.45) is 1.73. The molecular weight excluding hydrogens is 252 g/mol. The summed E-state index contributed by atoms with van der Waals surface area (Å²) in [6.45, 7) is 9.46. The molecule has 0 fully saturated rings. The van der Waals surface area contributed by atoms with Gasteiger partial charge in [-0.2, -0.15) is 10.2 Å². The molecule has 6 N–H and O–H groups in total. The summed E-state index contributed by atoms with van der Waals surface area (Å²) in [5, 5.41) is 23.1. The summed E-state index contributed by atoms with van der Waals surface area (Å²) in [6, 6.07) is 0. The third-order valence-electron chi connectivity index (χ3n) is 3.46. The number of nitrogens with two attached hydrogens (primary N) is 2. The van der Waals surface area contributed by atoms with Gasteiger partial charge >= 0.3 is 0 Å². The van der Waals surface area contributed by atoms with Gasteiger partial charge in [0.1, 0.15) is 0 Å². The fraction of sp³-hybridized carbons (Fsp3) is 0.857. The van der Waals surface area contributed by atoms with E-state index < -0.39 is 0 Å². The lowest BCUT2D eigenvalue weighted by Crippen LogP contribution is -2.22. The van der Waals surface area contributed by atoms with Crippen molar-refractivity contribution in [3.8, 4) is 0 Å². The molecule has 6 nitrogen and oxygen atoms in total. The Morgan fingerprint density at radius 2 is 1.10 bits per heavy atom. The Kier molecular flexibility index (Phi) is 8.76. The molecule has 6 heteroatoms. The average molecular weight is 282 g/mol. The van der Waals surface area contributed by atoms with E-state index in [2.05, 4.69) is 24.1 Å². The molecule has 116 valence electrons. The number of nitrogens with one attached hydrogen (secondary N) is 2. The van der Waals surface area contributed by atoms with Gasteiger partial charge in [-0.15, -0.1) is 0 Å². The van der Waals surface area contributed by atoms with Crippen molar-refractivity contribution in [2.75, 3.05) is 13.1 Å². The molecule has 0 amide bonds. The van der Waals surface area contributed by atoms with E-state index in [1.54, 1.807) is 0 Å². The summed E-state index contributed by atoms with van der Waals surface area (Å²) in [7, 11) is 0. The van der Waals surface area contributed by atoms with Crippen LogP contribution in [0.1, 0.15) is 40.5 Å². The molecule has 0 aliphatic heterocycles. The number of azo groups is 1. The van der Waals surface area contributed by atoms with Crippen LogP contribution in [0.5, 0.6) is 0 Å². The molecule has 20 heavy (non-hydrogen) atoms.